The van der Waals surface area contributed by atoms with E-state index in [-0.39, 0.29) is 18.0 Å². The summed E-state index contributed by atoms with van der Waals surface area (Å²) >= 11 is 0. The predicted octanol–water partition coefficient (Wildman–Crippen LogP) is 1.08. The van der Waals surface area contributed by atoms with Gasteiger partial charge in [-0.2, -0.15) is 0 Å². The molecule has 2 N–H and O–H groups in total. The van der Waals surface area contributed by atoms with E-state index in [2.05, 4.69) is 0 Å². The first kappa shape index (κ1) is 12.5. The van der Waals surface area contributed by atoms with Crippen molar-refractivity contribution in [1.82, 2.24) is 0 Å². The quantitative estimate of drug-likeness (QED) is 0.697. The fraction of sp³-hybridized carbons (Fsp3) is 0.909. The molecule has 0 aromatic heterocycles. The summed E-state index contributed by atoms with van der Waals surface area (Å²) in [6.45, 7) is 5.10. The number of rotatable bonds is 5. The second kappa shape index (κ2) is 6.08. The van der Waals surface area contributed by atoms with E-state index in [9.17, 15) is 4.79 Å². The van der Waals surface area contributed by atoms with Crippen LogP contribution in [0.4, 0.5) is 0 Å². The first-order valence-corrected chi connectivity index (χ1v) is 5.69. The first-order valence-electron chi connectivity index (χ1n) is 5.69. The Bertz CT molecular complexity index is 202. The van der Waals surface area contributed by atoms with Crippen LogP contribution in [0.15, 0.2) is 0 Å². The van der Waals surface area contributed by atoms with Crippen LogP contribution in [0.3, 0.4) is 0 Å². The molecule has 88 valence electrons. The highest BCUT2D eigenvalue weighted by Crippen LogP contribution is 2.13. The van der Waals surface area contributed by atoms with Crippen molar-refractivity contribution >= 4 is 5.97 Å². The molecular weight excluding hydrogens is 194 g/mol. The number of hydrogen-bond donors (Lipinski definition) is 1. The van der Waals surface area contributed by atoms with Crippen molar-refractivity contribution in [3.63, 3.8) is 0 Å². The molecule has 3 atom stereocenters. The molecule has 0 aromatic carbocycles. The molecule has 0 spiro atoms. The van der Waals surface area contributed by atoms with Gasteiger partial charge in [-0.25, -0.2) is 0 Å². The van der Waals surface area contributed by atoms with Crippen LogP contribution in [0, 0.1) is 5.92 Å². The van der Waals surface area contributed by atoms with Crippen molar-refractivity contribution in [3.8, 4) is 0 Å². The molecule has 0 saturated carbocycles. The number of esters is 1. The monoisotopic (exact) mass is 215 g/mol. The lowest BCUT2D eigenvalue weighted by atomic mass is 10.0. The number of carbonyl (C=O) groups is 1. The van der Waals surface area contributed by atoms with E-state index < -0.39 is 6.04 Å². The van der Waals surface area contributed by atoms with Gasteiger partial charge in [0.2, 0.25) is 0 Å². The molecule has 15 heavy (non-hydrogen) atoms. The lowest BCUT2D eigenvalue weighted by molar-refractivity contribution is -0.149. The minimum Gasteiger partial charge on any atom is -0.462 e. The fourth-order valence-electron chi connectivity index (χ4n) is 1.53. The summed E-state index contributed by atoms with van der Waals surface area (Å²) in [5.41, 5.74) is 5.74. The second-order valence-electron chi connectivity index (χ2n) is 4.18. The van der Waals surface area contributed by atoms with Crippen LogP contribution in [0.25, 0.3) is 0 Å². The van der Waals surface area contributed by atoms with Crippen LogP contribution in [0.5, 0.6) is 0 Å². The van der Waals surface area contributed by atoms with Gasteiger partial charge in [0.25, 0.3) is 0 Å². The Balaban J connectivity index is 2.22. The van der Waals surface area contributed by atoms with Crippen molar-refractivity contribution in [2.75, 3.05) is 13.2 Å². The topological polar surface area (TPSA) is 61.6 Å². The first-order chi connectivity index (χ1) is 7.15. The lowest BCUT2D eigenvalue weighted by Crippen LogP contribution is -2.39. The van der Waals surface area contributed by atoms with Gasteiger partial charge >= 0.3 is 5.97 Å². The van der Waals surface area contributed by atoms with Gasteiger partial charge < -0.3 is 15.2 Å². The average Bonchev–Trinajstić information content (AvgIpc) is 2.76. The molecule has 1 heterocycles. The molecule has 4 heteroatoms. The summed E-state index contributed by atoms with van der Waals surface area (Å²) in [5, 5.41) is 0. The number of ether oxygens (including phenoxy) is 2. The minimum absolute atomic E-state index is 0.0816. The zero-order valence-electron chi connectivity index (χ0n) is 9.57. The van der Waals surface area contributed by atoms with Gasteiger partial charge in [0, 0.05) is 6.61 Å². The van der Waals surface area contributed by atoms with Crippen LogP contribution in [-0.4, -0.2) is 31.3 Å². The maximum absolute atomic E-state index is 11.5. The Morgan fingerprint density at radius 3 is 2.93 bits per heavy atom. The molecule has 1 aliphatic rings. The molecule has 0 radical (unpaired) electrons. The van der Waals surface area contributed by atoms with Gasteiger partial charge in [0.1, 0.15) is 12.6 Å². The fourth-order valence-corrected chi connectivity index (χ4v) is 1.53. The molecule has 1 saturated heterocycles. The second-order valence-corrected chi connectivity index (χ2v) is 4.18. The molecule has 1 rings (SSSR count). The van der Waals surface area contributed by atoms with Gasteiger partial charge in [0.15, 0.2) is 0 Å². The van der Waals surface area contributed by atoms with Crippen LogP contribution in [0.1, 0.15) is 33.1 Å². The smallest absolute Gasteiger partial charge is 0.323 e. The SMILES string of the molecule is CCC(C)C(N)C(=O)OCC1CCCO1. The molecule has 0 bridgehead atoms. The zero-order chi connectivity index (χ0) is 11.3. The van der Waals surface area contributed by atoms with Crippen LogP contribution >= 0.6 is 0 Å². The predicted molar refractivity (Wildman–Crippen MR) is 57.4 cm³/mol. The summed E-state index contributed by atoms with van der Waals surface area (Å²) in [6, 6.07) is -0.503. The van der Waals surface area contributed by atoms with E-state index in [4.69, 9.17) is 15.2 Å². The van der Waals surface area contributed by atoms with Gasteiger partial charge in [-0.3, -0.25) is 4.79 Å². The average molecular weight is 215 g/mol. The third-order valence-corrected chi connectivity index (χ3v) is 2.96. The van der Waals surface area contributed by atoms with Crippen molar-refractivity contribution in [1.29, 1.82) is 0 Å². The third kappa shape index (κ3) is 3.80. The van der Waals surface area contributed by atoms with Gasteiger partial charge in [0.05, 0.1) is 6.10 Å². The number of carbonyl (C=O) groups excluding carboxylic acids is 1. The maximum Gasteiger partial charge on any atom is 0.323 e. The molecule has 0 aromatic rings. The zero-order valence-corrected chi connectivity index (χ0v) is 9.57. The summed E-state index contributed by atoms with van der Waals surface area (Å²) < 4.78 is 10.5. The highest BCUT2D eigenvalue weighted by Gasteiger charge is 2.23. The highest BCUT2D eigenvalue weighted by molar-refractivity contribution is 5.75. The molecule has 0 aliphatic carbocycles. The summed E-state index contributed by atoms with van der Waals surface area (Å²) in [6.07, 6.45) is 3.00. The van der Waals surface area contributed by atoms with E-state index in [1.165, 1.54) is 0 Å². The van der Waals surface area contributed by atoms with E-state index >= 15 is 0 Å². The number of nitrogens with two attached hydrogens (primary N) is 1. The maximum atomic E-state index is 11.5. The van der Waals surface area contributed by atoms with Gasteiger partial charge in [-0.1, -0.05) is 20.3 Å². The van der Waals surface area contributed by atoms with E-state index in [1.807, 2.05) is 13.8 Å². The molecule has 3 unspecified atom stereocenters. The lowest BCUT2D eigenvalue weighted by Gasteiger charge is -2.18. The van der Waals surface area contributed by atoms with E-state index in [1.54, 1.807) is 0 Å². The molecule has 1 aliphatic heterocycles. The molecule has 1 fully saturated rings. The Morgan fingerprint density at radius 1 is 1.67 bits per heavy atom. The number of hydrogen-bond acceptors (Lipinski definition) is 4. The largest absolute Gasteiger partial charge is 0.462 e. The minimum atomic E-state index is -0.503. The van der Waals surface area contributed by atoms with Crippen LogP contribution in [0.2, 0.25) is 0 Å². The van der Waals surface area contributed by atoms with Crippen LogP contribution < -0.4 is 5.73 Å². The standard InChI is InChI=1S/C11H21NO3/c1-3-8(2)10(12)11(13)15-7-9-5-4-6-14-9/h8-10H,3-7,12H2,1-2H3. The Morgan fingerprint density at radius 2 is 2.40 bits per heavy atom. The molecule has 0 amide bonds. The van der Waals surface area contributed by atoms with Crippen LogP contribution in [-0.2, 0) is 14.3 Å². The van der Waals surface area contributed by atoms with Crippen molar-refractivity contribution in [2.24, 2.45) is 11.7 Å². The summed E-state index contributed by atoms with van der Waals surface area (Å²) in [4.78, 5) is 11.5. The van der Waals surface area contributed by atoms with E-state index in [0.717, 1.165) is 25.9 Å². The third-order valence-electron chi connectivity index (χ3n) is 2.96. The Hall–Kier alpha value is -0.610. The molecule has 4 nitrogen and oxygen atoms in total. The molecular formula is C11H21NO3. The Labute approximate surface area is 91.1 Å². The highest BCUT2D eigenvalue weighted by atomic mass is 16.6. The summed E-state index contributed by atoms with van der Waals surface area (Å²) in [7, 11) is 0. The van der Waals surface area contributed by atoms with Crippen molar-refractivity contribution in [2.45, 2.75) is 45.3 Å². The van der Waals surface area contributed by atoms with Crippen molar-refractivity contribution < 1.29 is 14.3 Å². The van der Waals surface area contributed by atoms with E-state index in [0.29, 0.717) is 6.61 Å². The van der Waals surface area contributed by atoms with Gasteiger partial charge in [-0.15, -0.1) is 0 Å². The van der Waals surface area contributed by atoms with Gasteiger partial charge in [-0.05, 0) is 18.8 Å². The Kier molecular flexibility index (Phi) is 5.05. The summed E-state index contributed by atoms with van der Waals surface area (Å²) in [5.74, 6) is -0.137. The van der Waals surface area contributed by atoms with Crippen molar-refractivity contribution in [3.05, 3.63) is 0 Å². The normalized spacial score (nSPS) is 24.9.